The molecule has 5 saturated heterocycles. The summed E-state index contributed by atoms with van der Waals surface area (Å²) >= 11 is 0. The van der Waals surface area contributed by atoms with Gasteiger partial charge in [0.05, 0.1) is 6.61 Å². The number of carbonyl (C=O) groups excluding carboxylic acids is 7. The highest BCUT2D eigenvalue weighted by Gasteiger charge is 2.49. The largest absolute Gasteiger partial charge is 0.450 e. The van der Waals surface area contributed by atoms with E-state index in [0.717, 1.165) is 170 Å². The third-order valence-electron chi connectivity index (χ3n) is 21.1. The summed E-state index contributed by atoms with van der Waals surface area (Å²) in [6, 6.07) is 15.4. The molecule has 22 heteroatoms. The molecule has 1 aliphatic carbocycles. The zero-order valence-corrected chi connectivity index (χ0v) is 59.5. The number of fused-ring (bicyclic) bond motifs is 6. The Kier molecular flexibility index (Phi) is 25.1. The van der Waals surface area contributed by atoms with Crippen molar-refractivity contribution >= 4 is 71.3 Å². The predicted molar refractivity (Wildman–Crippen MR) is 369 cm³/mol. The van der Waals surface area contributed by atoms with Crippen LogP contribution in [0.3, 0.4) is 0 Å². The minimum Gasteiger partial charge on any atom is -0.450 e. The maximum atomic E-state index is 14.1. The molecule has 3 aromatic rings. The first kappa shape index (κ1) is 75.3. The highest BCUT2D eigenvalue weighted by Crippen LogP contribution is 2.51. The van der Waals surface area contributed by atoms with Gasteiger partial charge in [-0.1, -0.05) is 19.3 Å². The molecular weight excluding hydrogens is 1250 g/mol. The van der Waals surface area contributed by atoms with Gasteiger partial charge in [-0.25, -0.2) is 27.6 Å². The van der Waals surface area contributed by atoms with Gasteiger partial charge < -0.3 is 53.4 Å². The van der Waals surface area contributed by atoms with Gasteiger partial charge in [0, 0.05) is 138 Å². The Bertz CT molecular complexity index is 3240. The zero-order valence-electron chi connectivity index (χ0n) is 58.7. The Morgan fingerprint density at radius 3 is 1.17 bits per heavy atom. The highest BCUT2D eigenvalue weighted by molar-refractivity contribution is 5.96. The molecule has 2 unspecified atom stereocenters. The molecule has 18 nitrogen and oxygen atoms in total. The number of benzene rings is 3. The van der Waals surface area contributed by atoms with Gasteiger partial charge in [-0.15, -0.1) is 12.4 Å². The van der Waals surface area contributed by atoms with Crippen molar-refractivity contribution < 1.29 is 60.9 Å². The van der Waals surface area contributed by atoms with Gasteiger partial charge in [0.1, 0.15) is 34.4 Å². The SMILES string of the molecule is CC(=O)N1CC2(CCCCC2)c2cc(F)ccc21.CC(=O)N1CC2(CCN(C3CCCN(C(=O)OC(C)(C)C)CC3)CC2)c2cc(F)ccc21.CC(C)(C)OC(=O)N1CCCC(=O)CC1.CCOC(=O)N1CCCC(N2CCC3(CC2)CN(C(C)=O)c2ccc(F)cc23)CC1.Cl. The molecule has 1 saturated carbocycles. The first-order valence-electron chi connectivity index (χ1n) is 35.1. The Labute approximate surface area is 573 Å². The van der Waals surface area contributed by atoms with Gasteiger partial charge in [-0.2, -0.15) is 0 Å². The second-order valence-corrected chi connectivity index (χ2v) is 30.0. The number of ether oxygens (including phenoxy) is 3. The lowest BCUT2D eigenvalue weighted by atomic mass is 9.71. The summed E-state index contributed by atoms with van der Waals surface area (Å²) in [5.74, 6) is -0.325. The lowest BCUT2D eigenvalue weighted by molar-refractivity contribution is -0.119. The van der Waals surface area contributed by atoms with Crippen molar-refractivity contribution in [1.29, 1.82) is 0 Å². The lowest BCUT2D eigenvalue weighted by Crippen LogP contribution is -2.49. The van der Waals surface area contributed by atoms with E-state index in [2.05, 4.69) is 9.80 Å². The summed E-state index contributed by atoms with van der Waals surface area (Å²) in [6.45, 7) is 28.1. The third-order valence-corrected chi connectivity index (χ3v) is 21.1. The Balaban J connectivity index is 0.000000170. The Morgan fingerprint density at radius 2 is 0.802 bits per heavy atom. The molecular formula is C74H106ClF3N8O10. The molecule has 2 atom stereocenters. The number of hydrogen-bond acceptors (Lipinski definition) is 12. The molecule has 0 N–H and O–H groups in total. The van der Waals surface area contributed by atoms with Crippen LogP contribution in [-0.2, 0) is 49.6 Å². The summed E-state index contributed by atoms with van der Waals surface area (Å²) in [5, 5.41) is 0. The number of ketones is 1. The number of halogens is 4. The first-order valence-corrected chi connectivity index (χ1v) is 35.1. The van der Waals surface area contributed by atoms with E-state index in [9.17, 15) is 46.7 Å². The molecule has 6 amide bonds. The molecule has 0 bridgehead atoms. The number of piperidine rings is 2. The zero-order chi connectivity index (χ0) is 68.6. The number of likely N-dealkylation sites (tertiary alicyclic amines) is 5. The molecule has 9 aliphatic rings. The molecule has 12 rings (SSSR count). The average molecular weight is 1360 g/mol. The molecule has 3 aromatic carbocycles. The van der Waals surface area contributed by atoms with Gasteiger partial charge in [-0.3, -0.25) is 19.2 Å². The minimum atomic E-state index is -0.477. The number of carbonyl (C=O) groups is 7. The minimum absolute atomic E-state index is 0. The summed E-state index contributed by atoms with van der Waals surface area (Å²) in [7, 11) is 0. The molecule has 96 heavy (non-hydrogen) atoms. The normalized spacial score (nSPS) is 22.2. The number of hydrogen-bond donors (Lipinski definition) is 0. The van der Waals surface area contributed by atoms with Crippen molar-refractivity contribution in [1.82, 2.24) is 24.5 Å². The van der Waals surface area contributed by atoms with Crippen LogP contribution >= 0.6 is 12.4 Å². The van der Waals surface area contributed by atoms with Crippen molar-refractivity contribution in [3.05, 3.63) is 88.7 Å². The van der Waals surface area contributed by atoms with Crippen LogP contribution in [-0.4, -0.2) is 181 Å². The van der Waals surface area contributed by atoms with E-state index in [1.165, 1.54) is 37.5 Å². The van der Waals surface area contributed by atoms with Crippen LogP contribution in [0.25, 0.3) is 0 Å². The smallest absolute Gasteiger partial charge is 0.410 e. The summed E-state index contributed by atoms with van der Waals surface area (Å²) in [5.41, 5.74) is 4.46. The van der Waals surface area contributed by atoms with Crippen LogP contribution in [0.15, 0.2) is 54.6 Å². The second-order valence-electron chi connectivity index (χ2n) is 30.0. The van der Waals surface area contributed by atoms with E-state index in [1.807, 2.05) is 73.0 Å². The summed E-state index contributed by atoms with van der Waals surface area (Å²) in [4.78, 5) is 99.3. The maximum Gasteiger partial charge on any atom is 0.410 e. The van der Waals surface area contributed by atoms with E-state index in [4.69, 9.17) is 14.2 Å². The highest BCUT2D eigenvalue weighted by atomic mass is 35.5. The summed E-state index contributed by atoms with van der Waals surface area (Å²) in [6.07, 6.45) is 16.5. The van der Waals surface area contributed by atoms with E-state index in [-0.39, 0.29) is 87.9 Å². The molecule has 0 aromatic heterocycles. The van der Waals surface area contributed by atoms with Gasteiger partial charge >= 0.3 is 18.3 Å². The molecule has 8 aliphatic heterocycles. The van der Waals surface area contributed by atoms with Crippen LogP contribution in [0.5, 0.6) is 0 Å². The molecule has 3 spiro atoms. The van der Waals surface area contributed by atoms with Gasteiger partial charge in [-0.05, 0) is 229 Å². The fourth-order valence-electron chi connectivity index (χ4n) is 16.2. The maximum absolute atomic E-state index is 14.1. The van der Waals surface area contributed by atoms with Crippen molar-refractivity contribution in [3.8, 4) is 0 Å². The molecule has 0 radical (unpaired) electrons. The number of rotatable bonds is 3. The number of nitrogens with zero attached hydrogens (tertiary/aromatic N) is 8. The first-order chi connectivity index (χ1) is 45.0. The van der Waals surface area contributed by atoms with E-state index < -0.39 is 11.2 Å². The summed E-state index contributed by atoms with van der Waals surface area (Å²) < 4.78 is 57.6. The second kappa shape index (κ2) is 32.0. The fourth-order valence-corrected chi connectivity index (χ4v) is 16.2. The van der Waals surface area contributed by atoms with Gasteiger partial charge in [0.2, 0.25) is 17.7 Å². The van der Waals surface area contributed by atoms with Crippen LogP contribution in [0.4, 0.5) is 44.6 Å². The quantitative estimate of drug-likeness (QED) is 0.227. The molecule has 6 fully saturated rings. The van der Waals surface area contributed by atoms with Crippen LogP contribution in [0, 0.1) is 17.5 Å². The number of anilines is 3. The molecule has 530 valence electrons. The lowest BCUT2D eigenvalue weighted by Gasteiger charge is -2.43. The monoisotopic (exact) mass is 1360 g/mol. The van der Waals surface area contributed by atoms with Gasteiger partial charge in [0.25, 0.3) is 0 Å². The van der Waals surface area contributed by atoms with E-state index >= 15 is 0 Å². The standard InChI is InChI=1S/C25H36FN3O3.C23H32FN3O3.C15H18FNO.C11H19NO3.ClH/c1-18(30)29-17-25(21-16-19(26)7-8-22(21)29)10-14-27(15-11-25)20-6-5-12-28(13-9-20)23(31)32-24(2,3)4;1-3-30-22(29)26-11-4-5-19(8-12-26)25-13-9-23(10-14-25)16-27(17(2)28)21-7-6-18(24)15-20(21)23;1-11(18)17-10-15(7-3-2-4-8-15)13-9-12(16)5-6-14(13)17;1-11(2,3)15-10(14)12-7-4-5-9(13)6-8-12;/h7-8,16,20H,5-6,9-15,17H2,1-4H3;6-7,15,19H,3-5,8-14,16H2,1-2H3;5-6,9H,2-4,7-8,10H2,1H3;4-8H2,1-3H3;1H. The van der Waals surface area contributed by atoms with Crippen molar-refractivity contribution in [2.75, 3.05) is 106 Å². The fraction of sp³-hybridized carbons (Fsp3) is 0.662. The number of amides is 6. The topological polar surface area (TPSA) is 173 Å². The average Bonchev–Trinajstić information content (AvgIpc) is 1.61. The van der Waals surface area contributed by atoms with Gasteiger partial charge in [0.15, 0.2) is 0 Å². The Hall–Kier alpha value is -6.45. The Morgan fingerprint density at radius 1 is 0.448 bits per heavy atom. The van der Waals surface area contributed by atoms with E-state index in [1.54, 1.807) is 62.1 Å². The van der Waals surface area contributed by atoms with Crippen molar-refractivity contribution in [2.45, 2.75) is 224 Å². The van der Waals surface area contributed by atoms with Crippen LogP contribution in [0.2, 0.25) is 0 Å². The van der Waals surface area contributed by atoms with Crippen molar-refractivity contribution in [3.63, 3.8) is 0 Å². The van der Waals surface area contributed by atoms with Crippen LogP contribution < -0.4 is 14.7 Å². The molecule has 8 heterocycles. The van der Waals surface area contributed by atoms with Crippen LogP contribution in [0.1, 0.15) is 202 Å². The predicted octanol–water partition coefficient (Wildman–Crippen LogP) is 13.6. The third kappa shape index (κ3) is 18.3. The van der Waals surface area contributed by atoms with E-state index in [0.29, 0.717) is 64.3 Å². The van der Waals surface area contributed by atoms with Crippen molar-refractivity contribution in [2.24, 2.45) is 0 Å². The number of Topliss-reactive ketones (excluding diaryl/α,β-unsaturated/α-hetero) is 1.